The summed E-state index contributed by atoms with van der Waals surface area (Å²) in [5, 5.41) is 12.1. The zero-order valence-corrected chi connectivity index (χ0v) is 11.3. The Morgan fingerprint density at radius 2 is 2.11 bits per heavy atom. The molecule has 0 aliphatic heterocycles. The molecule has 18 heavy (non-hydrogen) atoms. The van der Waals surface area contributed by atoms with Crippen molar-refractivity contribution in [3.63, 3.8) is 0 Å². The van der Waals surface area contributed by atoms with Crippen LogP contribution >= 0.6 is 11.8 Å². The van der Waals surface area contributed by atoms with Gasteiger partial charge < -0.3 is 16.2 Å². The van der Waals surface area contributed by atoms with Crippen molar-refractivity contribution in [3.05, 3.63) is 35.9 Å². The summed E-state index contributed by atoms with van der Waals surface area (Å²) in [7, 11) is 0. The number of nitrogens with one attached hydrogen (secondary N) is 1. The molecule has 0 fully saturated rings. The molecule has 0 radical (unpaired) electrons. The van der Waals surface area contributed by atoms with Gasteiger partial charge in [-0.25, -0.2) is 0 Å². The van der Waals surface area contributed by atoms with E-state index in [0.717, 1.165) is 11.3 Å². The van der Waals surface area contributed by atoms with Crippen molar-refractivity contribution in [1.82, 2.24) is 5.32 Å². The Labute approximate surface area is 112 Å². The average Bonchev–Trinajstić information content (AvgIpc) is 2.42. The standard InChI is InChI=1S/C13H20N2O2S/c1-18-8-7-11(14)13(17)15-12(9-16)10-5-3-2-4-6-10/h2-6,11-12,16H,7-9,14H2,1H3,(H,15,17)/t11-,12?/m0/s1. The van der Waals surface area contributed by atoms with Crippen molar-refractivity contribution < 1.29 is 9.90 Å². The van der Waals surface area contributed by atoms with Crippen molar-refractivity contribution in [2.45, 2.75) is 18.5 Å². The van der Waals surface area contributed by atoms with Gasteiger partial charge in [0.1, 0.15) is 0 Å². The second kappa shape index (κ2) is 8.13. The lowest BCUT2D eigenvalue weighted by molar-refractivity contribution is -0.123. The summed E-state index contributed by atoms with van der Waals surface area (Å²) in [6.45, 7) is -0.134. The SMILES string of the molecule is CSCC[C@H](N)C(=O)NC(CO)c1ccccc1. The third kappa shape index (κ3) is 4.68. The summed E-state index contributed by atoms with van der Waals surface area (Å²) in [5.74, 6) is 0.635. The Bertz CT molecular complexity index is 359. The van der Waals surface area contributed by atoms with E-state index in [4.69, 9.17) is 5.73 Å². The van der Waals surface area contributed by atoms with E-state index in [2.05, 4.69) is 5.32 Å². The van der Waals surface area contributed by atoms with Crippen molar-refractivity contribution >= 4 is 17.7 Å². The Kier molecular flexibility index (Phi) is 6.78. The van der Waals surface area contributed by atoms with Crippen LogP contribution in [-0.2, 0) is 4.79 Å². The van der Waals surface area contributed by atoms with Crippen molar-refractivity contribution in [2.24, 2.45) is 5.73 Å². The molecular weight excluding hydrogens is 248 g/mol. The lowest BCUT2D eigenvalue weighted by Gasteiger charge is -2.19. The number of hydrogen-bond acceptors (Lipinski definition) is 4. The lowest BCUT2D eigenvalue weighted by Crippen LogP contribution is -2.43. The van der Waals surface area contributed by atoms with Crippen LogP contribution in [0, 0.1) is 0 Å². The summed E-state index contributed by atoms with van der Waals surface area (Å²) in [6, 6.07) is 8.47. The molecule has 4 N–H and O–H groups in total. The number of thioether (sulfide) groups is 1. The summed E-state index contributed by atoms with van der Waals surface area (Å²) >= 11 is 1.66. The van der Waals surface area contributed by atoms with Crippen LogP contribution in [0.3, 0.4) is 0 Å². The van der Waals surface area contributed by atoms with Gasteiger partial charge in [-0.1, -0.05) is 30.3 Å². The van der Waals surface area contributed by atoms with Gasteiger partial charge in [0, 0.05) is 0 Å². The van der Waals surface area contributed by atoms with Crippen LogP contribution in [0.15, 0.2) is 30.3 Å². The van der Waals surface area contributed by atoms with Crippen LogP contribution < -0.4 is 11.1 Å². The monoisotopic (exact) mass is 268 g/mol. The van der Waals surface area contributed by atoms with E-state index in [0.29, 0.717) is 6.42 Å². The molecule has 0 saturated carbocycles. The van der Waals surface area contributed by atoms with E-state index in [1.165, 1.54) is 0 Å². The molecular formula is C13H20N2O2S. The zero-order chi connectivity index (χ0) is 13.4. The summed E-state index contributed by atoms with van der Waals surface area (Å²) in [4.78, 5) is 11.8. The van der Waals surface area contributed by atoms with Gasteiger partial charge in [-0.3, -0.25) is 4.79 Å². The fourth-order valence-electron chi connectivity index (χ4n) is 1.57. The Hall–Kier alpha value is -1.04. The normalized spacial score (nSPS) is 13.9. The maximum absolute atomic E-state index is 11.8. The number of amides is 1. The molecule has 100 valence electrons. The number of nitrogens with two attached hydrogens (primary N) is 1. The van der Waals surface area contributed by atoms with E-state index in [1.54, 1.807) is 11.8 Å². The van der Waals surface area contributed by atoms with E-state index in [-0.39, 0.29) is 18.6 Å². The molecule has 1 rings (SSSR count). The van der Waals surface area contributed by atoms with Crippen LogP contribution in [0.2, 0.25) is 0 Å². The highest BCUT2D eigenvalue weighted by atomic mass is 32.2. The van der Waals surface area contributed by atoms with Gasteiger partial charge in [0.2, 0.25) is 5.91 Å². The molecule has 0 heterocycles. The molecule has 1 unspecified atom stereocenters. The number of hydrogen-bond donors (Lipinski definition) is 3. The molecule has 5 heteroatoms. The van der Waals surface area contributed by atoms with Gasteiger partial charge in [0.05, 0.1) is 18.7 Å². The molecule has 0 spiro atoms. The number of carbonyl (C=O) groups is 1. The first-order valence-corrected chi connectivity index (χ1v) is 7.29. The highest BCUT2D eigenvalue weighted by Crippen LogP contribution is 2.12. The van der Waals surface area contributed by atoms with E-state index < -0.39 is 6.04 Å². The van der Waals surface area contributed by atoms with Crippen LogP contribution in [-0.4, -0.2) is 35.7 Å². The van der Waals surface area contributed by atoms with Gasteiger partial charge >= 0.3 is 0 Å². The second-order valence-electron chi connectivity index (χ2n) is 4.04. The van der Waals surface area contributed by atoms with Gasteiger partial charge in [-0.05, 0) is 24.0 Å². The minimum Gasteiger partial charge on any atom is -0.394 e. The fraction of sp³-hybridized carbons (Fsp3) is 0.462. The summed E-state index contributed by atoms with van der Waals surface area (Å²) in [6.07, 6.45) is 2.62. The summed E-state index contributed by atoms with van der Waals surface area (Å²) < 4.78 is 0. The van der Waals surface area contributed by atoms with E-state index in [1.807, 2.05) is 36.6 Å². The summed E-state index contributed by atoms with van der Waals surface area (Å²) in [5.41, 5.74) is 6.66. The Morgan fingerprint density at radius 1 is 1.44 bits per heavy atom. The third-order valence-electron chi connectivity index (χ3n) is 2.67. The largest absolute Gasteiger partial charge is 0.394 e. The van der Waals surface area contributed by atoms with Gasteiger partial charge in [0.25, 0.3) is 0 Å². The predicted molar refractivity (Wildman–Crippen MR) is 75.4 cm³/mol. The average molecular weight is 268 g/mol. The quantitative estimate of drug-likeness (QED) is 0.687. The Morgan fingerprint density at radius 3 is 2.67 bits per heavy atom. The molecule has 0 aliphatic carbocycles. The molecule has 4 nitrogen and oxygen atoms in total. The van der Waals surface area contributed by atoms with Gasteiger partial charge in [-0.2, -0.15) is 11.8 Å². The van der Waals surface area contributed by atoms with Crippen molar-refractivity contribution in [1.29, 1.82) is 0 Å². The molecule has 1 amide bonds. The molecule has 0 saturated heterocycles. The highest BCUT2D eigenvalue weighted by Gasteiger charge is 2.18. The lowest BCUT2D eigenvalue weighted by atomic mass is 10.1. The zero-order valence-electron chi connectivity index (χ0n) is 10.5. The first kappa shape index (κ1) is 15.0. The number of rotatable bonds is 7. The first-order valence-electron chi connectivity index (χ1n) is 5.89. The second-order valence-corrected chi connectivity index (χ2v) is 5.03. The van der Waals surface area contributed by atoms with E-state index >= 15 is 0 Å². The fourth-order valence-corrected chi connectivity index (χ4v) is 2.06. The molecule has 0 bridgehead atoms. The molecule has 2 atom stereocenters. The highest BCUT2D eigenvalue weighted by molar-refractivity contribution is 7.98. The topological polar surface area (TPSA) is 75.4 Å². The maximum atomic E-state index is 11.8. The van der Waals surface area contributed by atoms with Gasteiger partial charge in [-0.15, -0.1) is 0 Å². The van der Waals surface area contributed by atoms with Crippen molar-refractivity contribution in [3.8, 4) is 0 Å². The van der Waals surface area contributed by atoms with Crippen LogP contribution in [0.25, 0.3) is 0 Å². The number of carbonyl (C=O) groups excluding carboxylic acids is 1. The van der Waals surface area contributed by atoms with Crippen molar-refractivity contribution in [2.75, 3.05) is 18.6 Å². The maximum Gasteiger partial charge on any atom is 0.237 e. The minimum atomic E-state index is -0.518. The first-order chi connectivity index (χ1) is 8.69. The molecule has 0 aliphatic rings. The van der Waals surface area contributed by atoms with Gasteiger partial charge in [0.15, 0.2) is 0 Å². The molecule has 1 aromatic carbocycles. The molecule has 1 aromatic rings. The number of benzene rings is 1. The number of aliphatic hydroxyl groups excluding tert-OH is 1. The minimum absolute atomic E-state index is 0.134. The Balaban J connectivity index is 2.56. The predicted octanol–water partition coefficient (Wildman–Crippen LogP) is 0.917. The van der Waals surface area contributed by atoms with Crippen LogP contribution in [0.4, 0.5) is 0 Å². The smallest absolute Gasteiger partial charge is 0.237 e. The van der Waals surface area contributed by atoms with E-state index in [9.17, 15) is 9.90 Å². The van der Waals surface area contributed by atoms with Crippen LogP contribution in [0.1, 0.15) is 18.0 Å². The van der Waals surface area contributed by atoms with Crippen LogP contribution in [0.5, 0.6) is 0 Å². The third-order valence-corrected chi connectivity index (χ3v) is 3.31. The number of aliphatic hydroxyl groups is 1. The molecule has 0 aromatic heterocycles.